The van der Waals surface area contributed by atoms with Gasteiger partial charge in [0.25, 0.3) is 0 Å². The summed E-state index contributed by atoms with van der Waals surface area (Å²) < 4.78 is 11.5. The minimum Gasteiger partial charge on any atom is -0.493 e. The van der Waals surface area contributed by atoms with Gasteiger partial charge in [-0.25, -0.2) is 0 Å². The van der Waals surface area contributed by atoms with Crippen LogP contribution in [-0.4, -0.2) is 14.2 Å². The normalized spacial score (nSPS) is 10.3. The molecule has 2 rings (SSSR count). The van der Waals surface area contributed by atoms with Crippen LogP contribution >= 0.6 is 39.1 Å². The average Bonchev–Trinajstić information content (AvgIpc) is 2.44. The fourth-order valence-corrected chi connectivity index (χ4v) is 2.87. The Balaban J connectivity index is 2.19. The number of halogens is 3. The smallest absolute Gasteiger partial charge is 0.161 e. The molecule has 0 radical (unpaired) electrons. The number of methoxy groups -OCH3 is 2. The number of ether oxygens (including phenoxy) is 2. The van der Waals surface area contributed by atoms with Crippen LogP contribution in [0.3, 0.4) is 0 Å². The highest BCUT2D eigenvalue weighted by Crippen LogP contribution is 2.33. The van der Waals surface area contributed by atoms with Crippen molar-refractivity contribution in [1.29, 1.82) is 0 Å². The summed E-state index contributed by atoms with van der Waals surface area (Å²) in [5.74, 6) is 1.36. The van der Waals surface area contributed by atoms with Crippen LogP contribution in [0.1, 0.15) is 5.56 Å². The second-order valence-electron chi connectivity index (χ2n) is 4.31. The summed E-state index contributed by atoms with van der Waals surface area (Å²) in [7, 11) is 3.22. The lowest BCUT2D eigenvalue weighted by Gasteiger charge is -2.13. The van der Waals surface area contributed by atoms with Gasteiger partial charge in [-0.05, 0) is 35.9 Å². The van der Waals surface area contributed by atoms with E-state index in [9.17, 15) is 0 Å². The molecule has 2 aromatic rings. The van der Waals surface area contributed by atoms with E-state index in [-0.39, 0.29) is 0 Å². The van der Waals surface area contributed by atoms with Gasteiger partial charge >= 0.3 is 0 Å². The number of hydrogen-bond acceptors (Lipinski definition) is 3. The molecule has 112 valence electrons. The van der Waals surface area contributed by atoms with E-state index in [1.165, 1.54) is 0 Å². The Hall–Kier alpha value is -1.10. The first-order chi connectivity index (χ1) is 10.0. The molecule has 0 saturated carbocycles. The Bertz CT molecular complexity index is 630. The van der Waals surface area contributed by atoms with Gasteiger partial charge in [-0.2, -0.15) is 0 Å². The topological polar surface area (TPSA) is 30.5 Å². The van der Waals surface area contributed by atoms with E-state index >= 15 is 0 Å². The van der Waals surface area contributed by atoms with Crippen LogP contribution in [0.15, 0.2) is 34.8 Å². The Morgan fingerprint density at radius 1 is 0.952 bits per heavy atom. The molecule has 0 unspecified atom stereocenters. The second-order valence-corrected chi connectivity index (χ2v) is 6.04. The number of nitrogens with one attached hydrogen (secondary N) is 1. The van der Waals surface area contributed by atoms with Crippen LogP contribution in [0.4, 0.5) is 5.69 Å². The van der Waals surface area contributed by atoms with Gasteiger partial charge in [-0.3, -0.25) is 0 Å². The first-order valence-corrected chi connectivity index (χ1v) is 7.68. The number of benzene rings is 2. The van der Waals surface area contributed by atoms with Crippen LogP contribution < -0.4 is 14.8 Å². The van der Waals surface area contributed by atoms with Crippen molar-refractivity contribution in [1.82, 2.24) is 0 Å². The predicted molar refractivity (Wildman–Crippen MR) is 91.0 cm³/mol. The molecule has 0 amide bonds. The molecular formula is C15H14BrCl2NO2. The number of hydrogen-bond donors (Lipinski definition) is 1. The van der Waals surface area contributed by atoms with Gasteiger partial charge in [-0.1, -0.05) is 39.1 Å². The summed E-state index contributed by atoms with van der Waals surface area (Å²) in [6.07, 6.45) is 0. The quantitative estimate of drug-likeness (QED) is 0.742. The van der Waals surface area contributed by atoms with Gasteiger partial charge in [0.15, 0.2) is 11.5 Å². The minimum atomic E-state index is 0.594. The van der Waals surface area contributed by atoms with Gasteiger partial charge in [0.1, 0.15) is 0 Å². The third-order valence-electron chi connectivity index (χ3n) is 2.90. The third kappa shape index (κ3) is 4.19. The van der Waals surface area contributed by atoms with E-state index < -0.39 is 0 Å². The summed E-state index contributed by atoms with van der Waals surface area (Å²) >= 11 is 15.5. The van der Waals surface area contributed by atoms with E-state index in [0.29, 0.717) is 28.1 Å². The summed E-state index contributed by atoms with van der Waals surface area (Å²) in [5, 5.41) is 4.46. The van der Waals surface area contributed by atoms with Gasteiger partial charge in [0.2, 0.25) is 0 Å². The molecule has 6 heteroatoms. The van der Waals surface area contributed by atoms with Crippen molar-refractivity contribution in [3.8, 4) is 11.5 Å². The molecular weight excluding hydrogens is 377 g/mol. The fourth-order valence-electron chi connectivity index (χ4n) is 1.88. The minimum absolute atomic E-state index is 0.594. The van der Waals surface area contributed by atoms with Crippen molar-refractivity contribution in [2.45, 2.75) is 6.54 Å². The van der Waals surface area contributed by atoms with Gasteiger partial charge in [-0.15, -0.1) is 0 Å². The lowest BCUT2D eigenvalue weighted by atomic mass is 10.2. The summed E-state index contributed by atoms with van der Waals surface area (Å²) in [5.41, 5.74) is 1.89. The number of anilines is 1. The lowest BCUT2D eigenvalue weighted by Crippen LogP contribution is -2.02. The molecule has 1 N–H and O–H groups in total. The predicted octanol–water partition coefficient (Wildman–Crippen LogP) is 5.39. The van der Waals surface area contributed by atoms with Crippen molar-refractivity contribution in [3.05, 3.63) is 50.4 Å². The molecule has 0 aromatic heterocycles. The zero-order valence-electron chi connectivity index (χ0n) is 11.5. The Morgan fingerprint density at radius 3 is 2.10 bits per heavy atom. The molecule has 0 aliphatic carbocycles. The standard InChI is InChI=1S/C15H14BrCl2NO2/c1-20-14-3-9(13(16)7-15(14)21-2)8-19-12-5-10(17)4-11(18)6-12/h3-7,19H,8H2,1-2H3. The Kier molecular flexibility index (Phi) is 5.62. The first-order valence-electron chi connectivity index (χ1n) is 6.14. The van der Waals surface area contributed by atoms with E-state index in [0.717, 1.165) is 15.7 Å². The molecule has 0 heterocycles. The maximum Gasteiger partial charge on any atom is 0.161 e. The van der Waals surface area contributed by atoms with Crippen LogP contribution in [0.2, 0.25) is 10.0 Å². The van der Waals surface area contributed by atoms with E-state index in [1.54, 1.807) is 20.3 Å². The molecule has 0 aliphatic rings. The van der Waals surface area contributed by atoms with E-state index in [4.69, 9.17) is 32.7 Å². The molecule has 3 nitrogen and oxygen atoms in total. The average molecular weight is 391 g/mol. The van der Waals surface area contributed by atoms with Crippen LogP contribution in [0, 0.1) is 0 Å². The van der Waals surface area contributed by atoms with Crippen LogP contribution in [0.5, 0.6) is 11.5 Å². The fraction of sp³-hybridized carbons (Fsp3) is 0.200. The van der Waals surface area contributed by atoms with Gasteiger partial charge in [0, 0.05) is 26.8 Å². The second kappa shape index (κ2) is 7.25. The van der Waals surface area contributed by atoms with E-state index in [2.05, 4.69) is 21.2 Å². The van der Waals surface area contributed by atoms with Gasteiger partial charge < -0.3 is 14.8 Å². The lowest BCUT2D eigenvalue weighted by molar-refractivity contribution is 0.354. The first kappa shape index (κ1) is 16.3. The number of rotatable bonds is 5. The maximum atomic E-state index is 5.98. The maximum absolute atomic E-state index is 5.98. The van der Waals surface area contributed by atoms with Crippen molar-refractivity contribution < 1.29 is 9.47 Å². The molecule has 2 aromatic carbocycles. The van der Waals surface area contributed by atoms with Crippen LogP contribution in [-0.2, 0) is 6.54 Å². The molecule has 0 bridgehead atoms. The molecule has 0 aliphatic heterocycles. The van der Waals surface area contributed by atoms with Crippen molar-refractivity contribution in [2.75, 3.05) is 19.5 Å². The van der Waals surface area contributed by atoms with E-state index in [1.807, 2.05) is 24.3 Å². The van der Waals surface area contributed by atoms with Crippen LogP contribution in [0.25, 0.3) is 0 Å². The highest BCUT2D eigenvalue weighted by Gasteiger charge is 2.09. The third-order valence-corrected chi connectivity index (χ3v) is 4.07. The van der Waals surface area contributed by atoms with Gasteiger partial charge in [0.05, 0.1) is 14.2 Å². The summed E-state index contributed by atoms with van der Waals surface area (Å²) in [6, 6.07) is 9.13. The largest absolute Gasteiger partial charge is 0.493 e. The SMILES string of the molecule is COc1cc(Br)c(CNc2cc(Cl)cc(Cl)c2)cc1OC. The zero-order valence-corrected chi connectivity index (χ0v) is 14.6. The van der Waals surface area contributed by atoms with Crippen molar-refractivity contribution in [2.24, 2.45) is 0 Å². The Morgan fingerprint density at radius 2 is 1.52 bits per heavy atom. The molecule has 21 heavy (non-hydrogen) atoms. The highest BCUT2D eigenvalue weighted by atomic mass is 79.9. The molecule has 0 spiro atoms. The monoisotopic (exact) mass is 389 g/mol. The summed E-state index contributed by atoms with van der Waals surface area (Å²) in [6.45, 7) is 0.595. The molecule has 0 fully saturated rings. The van der Waals surface area contributed by atoms with Crippen molar-refractivity contribution >= 4 is 44.8 Å². The Labute approximate surface area is 142 Å². The highest BCUT2D eigenvalue weighted by molar-refractivity contribution is 9.10. The zero-order chi connectivity index (χ0) is 15.4. The summed E-state index contributed by atoms with van der Waals surface area (Å²) in [4.78, 5) is 0. The van der Waals surface area contributed by atoms with Crippen molar-refractivity contribution in [3.63, 3.8) is 0 Å². The molecule has 0 atom stereocenters. The molecule has 0 saturated heterocycles.